The van der Waals surface area contributed by atoms with E-state index in [4.69, 9.17) is 9.84 Å². The van der Waals surface area contributed by atoms with E-state index in [1.165, 1.54) is 0 Å². The largest absolute Gasteiger partial charge is 0.480 e. The molecule has 1 rings (SSSR count). The van der Waals surface area contributed by atoms with Crippen LogP contribution in [-0.2, 0) is 14.3 Å². The molecule has 1 heterocycles. The Balaban J connectivity index is 2.43. The third-order valence-electron chi connectivity index (χ3n) is 3.15. The zero-order valence-electron chi connectivity index (χ0n) is 11.9. The van der Waals surface area contributed by atoms with Gasteiger partial charge in [-0.15, -0.1) is 0 Å². The summed E-state index contributed by atoms with van der Waals surface area (Å²) in [5.41, 5.74) is 0. The third kappa shape index (κ3) is 5.16. The Morgan fingerprint density at radius 1 is 1.37 bits per heavy atom. The third-order valence-corrected chi connectivity index (χ3v) is 3.15. The van der Waals surface area contributed by atoms with Crippen molar-refractivity contribution in [3.63, 3.8) is 0 Å². The number of nitrogens with zero attached hydrogens (tertiary/aromatic N) is 1. The summed E-state index contributed by atoms with van der Waals surface area (Å²) in [6, 6.07) is -0.648. The molecule has 0 aliphatic carbocycles. The van der Waals surface area contributed by atoms with E-state index in [1.807, 2.05) is 20.8 Å². The standard InChI is InChI=1S/C13H24N2O4/c1-4-5-11(13(17)18)14-6-12(16)15-7-9(2)19-10(3)8-15/h9-11,14H,4-8H2,1-3H3,(H,17,18)/t9-,10-,11-/m0/s1. The minimum atomic E-state index is -0.904. The number of carboxylic acid groups (broad SMARTS) is 1. The van der Waals surface area contributed by atoms with Crippen LogP contribution in [0.4, 0.5) is 0 Å². The quantitative estimate of drug-likeness (QED) is 0.734. The van der Waals surface area contributed by atoms with Gasteiger partial charge in [0.05, 0.1) is 18.8 Å². The molecule has 0 aromatic rings. The van der Waals surface area contributed by atoms with Crippen LogP contribution in [0, 0.1) is 0 Å². The highest BCUT2D eigenvalue weighted by molar-refractivity contribution is 5.80. The van der Waals surface area contributed by atoms with Crippen molar-refractivity contribution in [1.82, 2.24) is 10.2 Å². The molecular weight excluding hydrogens is 248 g/mol. The summed E-state index contributed by atoms with van der Waals surface area (Å²) < 4.78 is 5.56. The lowest BCUT2D eigenvalue weighted by molar-refractivity contribution is -0.143. The van der Waals surface area contributed by atoms with Crippen LogP contribution in [0.1, 0.15) is 33.6 Å². The Labute approximate surface area is 114 Å². The number of hydrogen-bond donors (Lipinski definition) is 2. The summed E-state index contributed by atoms with van der Waals surface area (Å²) in [4.78, 5) is 24.7. The molecule has 0 unspecified atom stereocenters. The summed E-state index contributed by atoms with van der Waals surface area (Å²) in [7, 11) is 0. The Morgan fingerprint density at radius 3 is 2.42 bits per heavy atom. The van der Waals surface area contributed by atoms with Crippen molar-refractivity contribution in [1.29, 1.82) is 0 Å². The number of ether oxygens (including phenoxy) is 1. The SMILES string of the molecule is CCC[C@H](NCC(=O)N1C[C@H](C)O[C@@H](C)C1)C(=O)O. The lowest BCUT2D eigenvalue weighted by Gasteiger charge is -2.35. The highest BCUT2D eigenvalue weighted by Gasteiger charge is 2.26. The van der Waals surface area contributed by atoms with E-state index >= 15 is 0 Å². The van der Waals surface area contributed by atoms with E-state index in [2.05, 4.69) is 5.32 Å². The second-order valence-corrected chi connectivity index (χ2v) is 5.12. The van der Waals surface area contributed by atoms with Crippen LogP contribution in [0.15, 0.2) is 0 Å². The number of nitrogens with one attached hydrogen (secondary N) is 1. The van der Waals surface area contributed by atoms with Gasteiger partial charge in [-0.1, -0.05) is 13.3 Å². The molecule has 0 aromatic carbocycles. The van der Waals surface area contributed by atoms with E-state index in [9.17, 15) is 9.59 Å². The van der Waals surface area contributed by atoms with Crippen LogP contribution >= 0.6 is 0 Å². The first-order valence-electron chi connectivity index (χ1n) is 6.83. The number of carbonyl (C=O) groups excluding carboxylic acids is 1. The topological polar surface area (TPSA) is 78.9 Å². The molecule has 3 atom stereocenters. The van der Waals surface area contributed by atoms with Crippen LogP contribution < -0.4 is 5.32 Å². The molecule has 0 aromatic heterocycles. The van der Waals surface area contributed by atoms with Gasteiger partial charge in [-0.05, 0) is 20.3 Å². The van der Waals surface area contributed by atoms with Crippen molar-refractivity contribution in [3.8, 4) is 0 Å². The molecule has 1 aliphatic rings. The molecule has 0 radical (unpaired) electrons. The molecule has 0 bridgehead atoms. The number of hydrogen-bond acceptors (Lipinski definition) is 4. The van der Waals surface area contributed by atoms with Gasteiger partial charge in [0, 0.05) is 13.1 Å². The predicted molar refractivity (Wildman–Crippen MR) is 70.9 cm³/mol. The van der Waals surface area contributed by atoms with Gasteiger partial charge in [0.1, 0.15) is 6.04 Å². The Kier molecular flexibility index (Phi) is 6.24. The number of carboxylic acids is 1. The summed E-state index contributed by atoms with van der Waals surface area (Å²) in [5, 5.41) is 11.8. The molecule has 2 N–H and O–H groups in total. The summed E-state index contributed by atoms with van der Waals surface area (Å²) in [6.07, 6.45) is 1.35. The van der Waals surface area contributed by atoms with Gasteiger partial charge in [0.15, 0.2) is 0 Å². The fourth-order valence-electron chi connectivity index (χ4n) is 2.31. The molecule has 6 nitrogen and oxygen atoms in total. The highest BCUT2D eigenvalue weighted by atomic mass is 16.5. The van der Waals surface area contributed by atoms with E-state index in [-0.39, 0.29) is 24.7 Å². The monoisotopic (exact) mass is 272 g/mol. The maximum Gasteiger partial charge on any atom is 0.320 e. The Hall–Kier alpha value is -1.14. The van der Waals surface area contributed by atoms with Gasteiger partial charge in [0.2, 0.25) is 5.91 Å². The van der Waals surface area contributed by atoms with Gasteiger partial charge in [-0.25, -0.2) is 0 Å². The summed E-state index contributed by atoms with van der Waals surface area (Å²) in [5.74, 6) is -0.970. The van der Waals surface area contributed by atoms with E-state index < -0.39 is 12.0 Å². The molecule has 1 amide bonds. The average molecular weight is 272 g/mol. The highest BCUT2D eigenvalue weighted by Crippen LogP contribution is 2.10. The second kappa shape index (κ2) is 7.45. The first-order valence-corrected chi connectivity index (χ1v) is 6.83. The predicted octanol–water partition coefficient (Wildman–Crippen LogP) is 0.465. The molecule has 110 valence electrons. The van der Waals surface area contributed by atoms with E-state index in [1.54, 1.807) is 4.90 Å². The fourth-order valence-corrected chi connectivity index (χ4v) is 2.31. The Morgan fingerprint density at radius 2 is 1.95 bits per heavy atom. The maximum absolute atomic E-state index is 12.0. The molecule has 0 spiro atoms. The smallest absolute Gasteiger partial charge is 0.320 e. The number of morpholine rings is 1. The minimum absolute atomic E-state index is 0.0265. The number of amides is 1. The molecule has 6 heteroatoms. The Bertz CT molecular complexity index is 312. The van der Waals surface area contributed by atoms with Crippen LogP contribution in [0.5, 0.6) is 0 Å². The van der Waals surface area contributed by atoms with Crippen molar-refractivity contribution in [2.75, 3.05) is 19.6 Å². The normalized spacial score (nSPS) is 25.1. The van der Waals surface area contributed by atoms with Gasteiger partial charge in [-0.3, -0.25) is 14.9 Å². The zero-order valence-corrected chi connectivity index (χ0v) is 11.9. The first-order chi connectivity index (χ1) is 8.93. The van der Waals surface area contributed by atoms with Crippen LogP contribution in [0.3, 0.4) is 0 Å². The van der Waals surface area contributed by atoms with Crippen LogP contribution in [-0.4, -0.2) is 59.8 Å². The van der Waals surface area contributed by atoms with Gasteiger partial charge in [-0.2, -0.15) is 0 Å². The van der Waals surface area contributed by atoms with Crippen molar-refractivity contribution in [3.05, 3.63) is 0 Å². The van der Waals surface area contributed by atoms with Gasteiger partial charge in [0.25, 0.3) is 0 Å². The molecular formula is C13H24N2O4. The molecule has 19 heavy (non-hydrogen) atoms. The van der Waals surface area contributed by atoms with Crippen molar-refractivity contribution < 1.29 is 19.4 Å². The lowest BCUT2D eigenvalue weighted by atomic mass is 10.1. The summed E-state index contributed by atoms with van der Waals surface area (Å²) in [6.45, 7) is 6.98. The number of carbonyl (C=O) groups is 2. The van der Waals surface area contributed by atoms with Crippen LogP contribution in [0.2, 0.25) is 0 Å². The van der Waals surface area contributed by atoms with Gasteiger partial charge >= 0.3 is 5.97 Å². The maximum atomic E-state index is 12.0. The first kappa shape index (κ1) is 15.9. The second-order valence-electron chi connectivity index (χ2n) is 5.12. The fraction of sp³-hybridized carbons (Fsp3) is 0.846. The van der Waals surface area contributed by atoms with Gasteiger partial charge < -0.3 is 14.7 Å². The molecule has 0 saturated carbocycles. The average Bonchev–Trinajstić information content (AvgIpc) is 2.32. The minimum Gasteiger partial charge on any atom is -0.480 e. The van der Waals surface area contributed by atoms with Crippen LogP contribution in [0.25, 0.3) is 0 Å². The van der Waals surface area contributed by atoms with E-state index in [0.29, 0.717) is 19.5 Å². The van der Waals surface area contributed by atoms with Crippen molar-refractivity contribution >= 4 is 11.9 Å². The lowest BCUT2D eigenvalue weighted by Crippen LogP contribution is -2.52. The number of aliphatic carboxylic acids is 1. The van der Waals surface area contributed by atoms with Crippen molar-refractivity contribution in [2.24, 2.45) is 0 Å². The van der Waals surface area contributed by atoms with Crippen molar-refractivity contribution in [2.45, 2.75) is 51.9 Å². The summed E-state index contributed by atoms with van der Waals surface area (Å²) >= 11 is 0. The number of rotatable bonds is 6. The molecule has 1 fully saturated rings. The van der Waals surface area contributed by atoms with E-state index in [0.717, 1.165) is 6.42 Å². The zero-order chi connectivity index (χ0) is 14.4. The molecule has 1 saturated heterocycles. The molecule has 1 aliphatic heterocycles.